The Balaban J connectivity index is 2.23. The van der Waals surface area contributed by atoms with Crippen LogP contribution < -0.4 is 5.73 Å². The molecule has 2 heterocycles. The number of imidazole rings is 1. The highest BCUT2D eigenvalue weighted by Crippen LogP contribution is 2.32. The number of carbonyl (C=O) groups excluding carboxylic acids is 1. The highest BCUT2D eigenvalue weighted by molar-refractivity contribution is 8.00. The number of hydrogen-bond acceptors (Lipinski definition) is 4. The van der Waals surface area contributed by atoms with E-state index in [9.17, 15) is 4.79 Å². The summed E-state index contributed by atoms with van der Waals surface area (Å²) in [5.74, 6) is -0.364. The van der Waals surface area contributed by atoms with Gasteiger partial charge in [0.2, 0.25) is 5.91 Å². The van der Waals surface area contributed by atoms with Crippen LogP contribution in [-0.4, -0.2) is 25.8 Å². The predicted octanol–water partition coefficient (Wildman–Crippen LogP) is 2.98. The minimum atomic E-state index is -0.369. The molecule has 118 valence electrons. The molecule has 1 amide bonds. The molecule has 0 spiro atoms. The van der Waals surface area contributed by atoms with Crippen LogP contribution in [0.3, 0.4) is 0 Å². The molecule has 0 saturated heterocycles. The van der Waals surface area contributed by atoms with Crippen LogP contribution in [0.5, 0.6) is 0 Å². The standard InChI is InChI=1S/C17H18N4OS/c1-10-9-11(2)20-21-15(10)14(13-7-5-4-6-8-13)19-17(21)23-12(3)16(18)22/h4-9,12H,1-3H3,(H2,18,22)/t12-/m0/s1. The van der Waals surface area contributed by atoms with Crippen molar-refractivity contribution in [2.75, 3.05) is 0 Å². The molecule has 5 nitrogen and oxygen atoms in total. The zero-order valence-electron chi connectivity index (χ0n) is 13.3. The highest BCUT2D eigenvalue weighted by Gasteiger charge is 2.20. The second-order valence-electron chi connectivity index (χ2n) is 5.50. The topological polar surface area (TPSA) is 73.3 Å². The maximum Gasteiger partial charge on any atom is 0.230 e. The van der Waals surface area contributed by atoms with E-state index >= 15 is 0 Å². The number of rotatable bonds is 4. The van der Waals surface area contributed by atoms with E-state index in [0.717, 1.165) is 28.0 Å². The summed E-state index contributed by atoms with van der Waals surface area (Å²) >= 11 is 1.33. The Morgan fingerprint density at radius 3 is 2.61 bits per heavy atom. The number of carbonyl (C=O) groups is 1. The molecule has 1 atom stereocenters. The van der Waals surface area contributed by atoms with Gasteiger partial charge in [0.05, 0.1) is 22.2 Å². The van der Waals surface area contributed by atoms with E-state index in [2.05, 4.69) is 5.10 Å². The molecule has 0 bridgehead atoms. The Kier molecular flexibility index (Phi) is 4.09. The van der Waals surface area contributed by atoms with Crippen LogP contribution in [0.15, 0.2) is 41.6 Å². The van der Waals surface area contributed by atoms with Crippen molar-refractivity contribution in [2.45, 2.75) is 31.2 Å². The zero-order chi connectivity index (χ0) is 16.6. The third-order valence-electron chi connectivity index (χ3n) is 3.61. The number of nitrogens with two attached hydrogens (primary N) is 1. The minimum Gasteiger partial charge on any atom is -0.369 e. The number of aryl methyl sites for hydroxylation is 2. The van der Waals surface area contributed by atoms with Gasteiger partial charge in [0, 0.05) is 5.56 Å². The summed E-state index contributed by atoms with van der Waals surface area (Å²) in [5.41, 5.74) is 10.2. The highest BCUT2D eigenvalue weighted by atomic mass is 32.2. The van der Waals surface area contributed by atoms with Gasteiger partial charge >= 0.3 is 0 Å². The SMILES string of the molecule is Cc1cc(C)c2c(-c3ccccc3)nc(S[C@@H](C)C(N)=O)n2n1. The lowest BCUT2D eigenvalue weighted by Crippen LogP contribution is -2.22. The lowest BCUT2D eigenvalue weighted by atomic mass is 10.1. The minimum absolute atomic E-state index is 0.364. The van der Waals surface area contributed by atoms with Gasteiger partial charge in [0.1, 0.15) is 0 Å². The summed E-state index contributed by atoms with van der Waals surface area (Å²) < 4.78 is 1.82. The van der Waals surface area contributed by atoms with Crippen LogP contribution in [0.2, 0.25) is 0 Å². The summed E-state index contributed by atoms with van der Waals surface area (Å²) in [7, 11) is 0. The Morgan fingerprint density at radius 1 is 1.26 bits per heavy atom. The zero-order valence-corrected chi connectivity index (χ0v) is 14.1. The van der Waals surface area contributed by atoms with Crippen molar-refractivity contribution in [2.24, 2.45) is 5.73 Å². The van der Waals surface area contributed by atoms with Crippen LogP contribution in [0.4, 0.5) is 0 Å². The fraction of sp³-hybridized carbons (Fsp3) is 0.235. The first kappa shape index (κ1) is 15.6. The average Bonchev–Trinajstić information content (AvgIpc) is 2.87. The lowest BCUT2D eigenvalue weighted by Gasteiger charge is -2.06. The monoisotopic (exact) mass is 326 g/mol. The largest absolute Gasteiger partial charge is 0.369 e. The second-order valence-corrected chi connectivity index (χ2v) is 6.81. The van der Waals surface area contributed by atoms with E-state index in [4.69, 9.17) is 10.7 Å². The molecule has 3 rings (SSSR count). The molecule has 2 aromatic heterocycles. The molecule has 0 radical (unpaired) electrons. The Labute approximate surface area is 138 Å². The third kappa shape index (κ3) is 2.94. The van der Waals surface area contributed by atoms with Gasteiger partial charge in [-0.3, -0.25) is 4.79 Å². The number of fused-ring (bicyclic) bond motifs is 1. The smallest absolute Gasteiger partial charge is 0.230 e. The maximum atomic E-state index is 11.4. The molecule has 1 aromatic carbocycles. The molecule has 0 aliphatic carbocycles. The first-order valence-corrected chi connectivity index (χ1v) is 8.23. The number of benzene rings is 1. The molecule has 0 aliphatic heterocycles. The first-order valence-electron chi connectivity index (χ1n) is 7.35. The van der Waals surface area contributed by atoms with Crippen molar-refractivity contribution in [1.29, 1.82) is 0 Å². The number of nitrogens with zero attached hydrogens (tertiary/aromatic N) is 3. The summed E-state index contributed by atoms with van der Waals surface area (Å²) in [6, 6.07) is 12.0. The van der Waals surface area contributed by atoms with Gasteiger partial charge in [-0.2, -0.15) is 5.10 Å². The molecule has 23 heavy (non-hydrogen) atoms. The molecule has 2 N–H and O–H groups in total. The van der Waals surface area contributed by atoms with Gasteiger partial charge < -0.3 is 5.73 Å². The Hall–Kier alpha value is -2.34. The van der Waals surface area contributed by atoms with Gasteiger partial charge in [-0.1, -0.05) is 42.1 Å². The van der Waals surface area contributed by atoms with Crippen LogP contribution in [0.25, 0.3) is 16.8 Å². The number of aromatic nitrogens is 3. The third-order valence-corrected chi connectivity index (χ3v) is 4.67. The summed E-state index contributed by atoms with van der Waals surface area (Å²) in [6.07, 6.45) is 0. The van der Waals surface area contributed by atoms with Crippen LogP contribution in [0, 0.1) is 13.8 Å². The van der Waals surface area contributed by atoms with E-state index in [1.165, 1.54) is 11.8 Å². The first-order chi connectivity index (χ1) is 11.0. The normalized spacial score (nSPS) is 12.5. The van der Waals surface area contributed by atoms with E-state index in [1.54, 1.807) is 6.92 Å². The van der Waals surface area contributed by atoms with E-state index < -0.39 is 0 Å². The molecule has 0 fully saturated rings. The fourth-order valence-electron chi connectivity index (χ4n) is 2.50. The number of hydrogen-bond donors (Lipinski definition) is 1. The molecule has 3 aromatic rings. The predicted molar refractivity (Wildman–Crippen MR) is 92.4 cm³/mol. The van der Waals surface area contributed by atoms with E-state index in [-0.39, 0.29) is 11.2 Å². The Morgan fingerprint density at radius 2 is 1.96 bits per heavy atom. The molecular weight excluding hydrogens is 308 g/mol. The molecular formula is C17H18N4OS. The average molecular weight is 326 g/mol. The fourth-order valence-corrected chi connectivity index (χ4v) is 3.30. The molecule has 6 heteroatoms. The number of primary amides is 1. The molecule has 0 saturated carbocycles. The Bertz CT molecular complexity index is 873. The molecule has 0 unspecified atom stereocenters. The second kappa shape index (κ2) is 6.04. The van der Waals surface area contributed by atoms with Crippen molar-refractivity contribution in [1.82, 2.24) is 14.6 Å². The maximum absolute atomic E-state index is 11.4. The van der Waals surface area contributed by atoms with Crippen LogP contribution in [0.1, 0.15) is 18.2 Å². The van der Waals surface area contributed by atoms with Crippen molar-refractivity contribution in [3.63, 3.8) is 0 Å². The van der Waals surface area contributed by atoms with Gasteiger partial charge in [0.15, 0.2) is 5.16 Å². The summed E-state index contributed by atoms with van der Waals surface area (Å²) in [5, 5.41) is 4.89. The van der Waals surface area contributed by atoms with Crippen molar-refractivity contribution in [3.05, 3.63) is 47.7 Å². The quantitative estimate of drug-likeness (QED) is 0.748. The summed E-state index contributed by atoms with van der Waals surface area (Å²) in [4.78, 5) is 16.1. The number of amides is 1. The van der Waals surface area contributed by atoms with Gasteiger partial charge in [-0.15, -0.1) is 0 Å². The van der Waals surface area contributed by atoms with Gasteiger partial charge in [-0.25, -0.2) is 9.50 Å². The van der Waals surface area contributed by atoms with E-state index in [0.29, 0.717) is 5.16 Å². The van der Waals surface area contributed by atoms with Crippen LogP contribution in [-0.2, 0) is 4.79 Å². The summed E-state index contributed by atoms with van der Waals surface area (Å²) in [6.45, 7) is 5.77. The lowest BCUT2D eigenvalue weighted by molar-refractivity contribution is -0.117. The number of thioether (sulfide) groups is 1. The molecule has 0 aliphatic rings. The van der Waals surface area contributed by atoms with Gasteiger partial charge in [0.25, 0.3) is 0 Å². The van der Waals surface area contributed by atoms with Crippen molar-refractivity contribution >= 4 is 23.2 Å². The van der Waals surface area contributed by atoms with Crippen LogP contribution >= 0.6 is 11.8 Å². The van der Waals surface area contributed by atoms with Crippen molar-refractivity contribution < 1.29 is 4.79 Å². The van der Waals surface area contributed by atoms with E-state index in [1.807, 2.05) is 54.8 Å². The van der Waals surface area contributed by atoms with Crippen molar-refractivity contribution in [3.8, 4) is 11.3 Å². The van der Waals surface area contributed by atoms with Gasteiger partial charge in [-0.05, 0) is 32.4 Å².